The highest BCUT2D eigenvalue weighted by atomic mass is 16.5. The van der Waals surface area contributed by atoms with E-state index in [0.29, 0.717) is 0 Å². The zero-order valence-corrected chi connectivity index (χ0v) is 13.9. The van der Waals surface area contributed by atoms with E-state index in [1.807, 2.05) is 12.1 Å². The van der Waals surface area contributed by atoms with Gasteiger partial charge < -0.3 is 15.4 Å². The Kier molecular flexibility index (Phi) is 6.61. The van der Waals surface area contributed by atoms with E-state index >= 15 is 0 Å². The molecule has 1 aromatic rings. The van der Waals surface area contributed by atoms with Crippen LogP contribution in [0.15, 0.2) is 18.3 Å². The predicted molar refractivity (Wildman–Crippen MR) is 91.6 cm³/mol. The molecule has 1 saturated carbocycles. The molecule has 0 amide bonds. The van der Waals surface area contributed by atoms with Gasteiger partial charge in [0.25, 0.3) is 0 Å². The first-order valence-electron chi connectivity index (χ1n) is 8.99. The first-order chi connectivity index (χ1) is 11.4. The number of ether oxygens (including phenoxy) is 1. The van der Waals surface area contributed by atoms with Crippen LogP contribution >= 0.6 is 0 Å². The van der Waals surface area contributed by atoms with Crippen LogP contribution in [-0.4, -0.2) is 66.6 Å². The molecule has 1 atom stereocenters. The summed E-state index contributed by atoms with van der Waals surface area (Å²) in [4.78, 5) is 2.50. The Morgan fingerprint density at radius 1 is 1.26 bits per heavy atom. The van der Waals surface area contributed by atoms with Crippen molar-refractivity contribution in [3.8, 4) is 0 Å². The van der Waals surface area contributed by atoms with Crippen molar-refractivity contribution in [2.75, 3.05) is 44.6 Å². The fourth-order valence-corrected chi connectivity index (χ4v) is 3.45. The minimum absolute atomic E-state index is 0.223. The van der Waals surface area contributed by atoms with Crippen molar-refractivity contribution in [1.29, 1.82) is 0 Å². The summed E-state index contributed by atoms with van der Waals surface area (Å²) in [6.07, 6.45) is 8.82. The largest absolute Gasteiger partial charge is 0.374 e. The number of rotatable bonds is 7. The summed E-state index contributed by atoms with van der Waals surface area (Å²) in [6, 6.07) is 4.57. The van der Waals surface area contributed by atoms with Gasteiger partial charge in [-0.1, -0.05) is 19.3 Å². The van der Waals surface area contributed by atoms with Gasteiger partial charge in [-0.3, -0.25) is 4.90 Å². The number of aromatic nitrogens is 2. The van der Waals surface area contributed by atoms with Crippen molar-refractivity contribution in [1.82, 2.24) is 20.4 Å². The van der Waals surface area contributed by atoms with Gasteiger partial charge in [0.2, 0.25) is 0 Å². The van der Waals surface area contributed by atoms with Gasteiger partial charge in [-0.15, -0.1) is 5.10 Å². The van der Waals surface area contributed by atoms with E-state index in [0.717, 1.165) is 51.2 Å². The molecular weight excluding hydrogens is 290 g/mol. The number of nitrogens with zero attached hydrogens (tertiary/aromatic N) is 3. The Morgan fingerprint density at radius 3 is 3.00 bits per heavy atom. The highest BCUT2D eigenvalue weighted by Crippen LogP contribution is 2.17. The summed E-state index contributed by atoms with van der Waals surface area (Å²) < 4.78 is 5.85. The molecule has 128 valence electrons. The highest BCUT2D eigenvalue weighted by molar-refractivity contribution is 5.31. The third-order valence-electron chi connectivity index (χ3n) is 4.77. The van der Waals surface area contributed by atoms with E-state index in [2.05, 4.69) is 25.7 Å². The van der Waals surface area contributed by atoms with Crippen LogP contribution in [0.3, 0.4) is 0 Å². The molecule has 0 spiro atoms. The quantitative estimate of drug-likeness (QED) is 0.794. The molecular formula is C17H29N5O. The second-order valence-corrected chi connectivity index (χ2v) is 6.57. The van der Waals surface area contributed by atoms with Gasteiger partial charge in [0, 0.05) is 45.0 Å². The molecule has 1 aromatic heterocycles. The van der Waals surface area contributed by atoms with Crippen LogP contribution in [0, 0.1) is 0 Å². The van der Waals surface area contributed by atoms with Crippen molar-refractivity contribution in [3.05, 3.63) is 18.3 Å². The second-order valence-electron chi connectivity index (χ2n) is 6.57. The molecule has 3 rings (SSSR count). The van der Waals surface area contributed by atoms with Gasteiger partial charge in [0.1, 0.15) is 5.82 Å². The van der Waals surface area contributed by atoms with Crippen LogP contribution in [-0.2, 0) is 4.74 Å². The Bertz CT molecular complexity index is 438. The summed E-state index contributed by atoms with van der Waals surface area (Å²) in [6.45, 7) is 5.82. The van der Waals surface area contributed by atoms with E-state index in [1.54, 1.807) is 6.20 Å². The molecule has 6 heteroatoms. The van der Waals surface area contributed by atoms with Crippen molar-refractivity contribution < 1.29 is 4.74 Å². The smallest absolute Gasteiger partial charge is 0.148 e. The lowest BCUT2D eigenvalue weighted by Gasteiger charge is -2.33. The number of hydrogen-bond donors (Lipinski definition) is 2. The van der Waals surface area contributed by atoms with Crippen LogP contribution in [0.2, 0.25) is 0 Å². The second kappa shape index (κ2) is 9.15. The van der Waals surface area contributed by atoms with Crippen molar-refractivity contribution in [2.24, 2.45) is 0 Å². The van der Waals surface area contributed by atoms with Gasteiger partial charge in [0.05, 0.1) is 12.7 Å². The minimum Gasteiger partial charge on any atom is -0.374 e. The van der Waals surface area contributed by atoms with Gasteiger partial charge >= 0.3 is 0 Å². The SMILES string of the molecule is c1cnnc(NCC2CN(CCNC3CCCCC3)CCO2)c1. The van der Waals surface area contributed by atoms with Crippen molar-refractivity contribution in [2.45, 2.75) is 44.2 Å². The maximum Gasteiger partial charge on any atom is 0.148 e. The van der Waals surface area contributed by atoms with E-state index < -0.39 is 0 Å². The molecule has 2 heterocycles. The lowest BCUT2D eigenvalue weighted by atomic mass is 9.95. The minimum atomic E-state index is 0.223. The number of hydrogen-bond acceptors (Lipinski definition) is 6. The van der Waals surface area contributed by atoms with E-state index in [9.17, 15) is 0 Å². The van der Waals surface area contributed by atoms with E-state index in [4.69, 9.17) is 4.74 Å². The Labute approximate surface area is 139 Å². The molecule has 1 aliphatic heterocycles. The van der Waals surface area contributed by atoms with Crippen LogP contribution in [0.1, 0.15) is 32.1 Å². The number of anilines is 1. The molecule has 6 nitrogen and oxygen atoms in total. The lowest BCUT2D eigenvalue weighted by Crippen LogP contribution is -2.48. The standard InChI is InChI=1S/C17H29N5O/c1-2-5-15(6-3-1)18-9-10-22-11-12-23-16(14-22)13-19-17-7-4-8-20-21-17/h4,7-8,15-16,18H,1-3,5-6,9-14H2,(H,19,21). The normalized spacial score (nSPS) is 23.7. The molecule has 2 fully saturated rings. The van der Waals surface area contributed by atoms with Crippen LogP contribution in [0.5, 0.6) is 0 Å². The summed E-state index contributed by atoms with van der Waals surface area (Å²) in [5, 5.41) is 14.9. The van der Waals surface area contributed by atoms with Crippen molar-refractivity contribution in [3.63, 3.8) is 0 Å². The fourth-order valence-electron chi connectivity index (χ4n) is 3.45. The maximum absolute atomic E-state index is 5.85. The summed E-state index contributed by atoms with van der Waals surface area (Å²) in [7, 11) is 0. The third kappa shape index (κ3) is 5.71. The monoisotopic (exact) mass is 319 g/mol. The van der Waals surface area contributed by atoms with Gasteiger partial charge in [0.15, 0.2) is 0 Å². The fraction of sp³-hybridized carbons (Fsp3) is 0.765. The molecule has 0 radical (unpaired) electrons. The Morgan fingerprint density at radius 2 is 2.17 bits per heavy atom. The number of nitrogens with one attached hydrogen (secondary N) is 2. The van der Waals surface area contributed by atoms with Crippen LogP contribution in [0.25, 0.3) is 0 Å². The highest BCUT2D eigenvalue weighted by Gasteiger charge is 2.20. The topological polar surface area (TPSA) is 62.3 Å². The van der Waals surface area contributed by atoms with Gasteiger partial charge in [-0.2, -0.15) is 5.10 Å². The Balaban J connectivity index is 1.33. The molecule has 1 aliphatic carbocycles. The predicted octanol–water partition coefficient (Wildman–Crippen LogP) is 1.51. The average molecular weight is 319 g/mol. The van der Waals surface area contributed by atoms with Crippen LogP contribution in [0.4, 0.5) is 5.82 Å². The molecule has 0 bridgehead atoms. The Hall–Kier alpha value is -1.24. The molecule has 2 N–H and O–H groups in total. The zero-order chi connectivity index (χ0) is 15.7. The third-order valence-corrected chi connectivity index (χ3v) is 4.77. The number of morpholine rings is 1. The molecule has 1 saturated heterocycles. The van der Waals surface area contributed by atoms with E-state index in [1.165, 1.54) is 32.1 Å². The summed E-state index contributed by atoms with van der Waals surface area (Å²) in [5.41, 5.74) is 0. The molecule has 2 aliphatic rings. The molecule has 0 aromatic carbocycles. The van der Waals surface area contributed by atoms with Gasteiger partial charge in [-0.05, 0) is 25.0 Å². The average Bonchev–Trinajstić information content (AvgIpc) is 2.62. The molecule has 1 unspecified atom stereocenters. The lowest BCUT2D eigenvalue weighted by molar-refractivity contribution is -0.0208. The first-order valence-corrected chi connectivity index (χ1v) is 8.99. The zero-order valence-electron chi connectivity index (χ0n) is 13.9. The van der Waals surface area contributed by atoms with E-state index in [-0.39, 0.29) is 6.10 Å². The van der Waals surface area contributed by atoms with Crippen LogP contribution < -0.4 is 10.6 Å². The van der Waals surface area contributed by atoms with Crippen molar-refractivity contribution >= 4 is 5.82 Å². The molecule has 23 heavy (non-hydrogen) atoms. The maximum atomic E-state index is 5.85. The first kappa shape index (κ1) is 16.6. The summed E-state index contributed by atoms with van der Waals surface area (Å²) >= 11 is 0. The van der Waals surface area contributed by atoms with Gasteiger partial charge in [-0.25, -0.2) is 0 Å². The summed E-state index contributed by atoms with van der Waals surface area (Å²) in [5.74, 6) is 0.812.